The molecule has 1 saturated heterocycles. The second-order valence-corrected chi connectivity index (χ2v) is 6.09. The third-order valence-electron chi connectivity index (χ3n) is 4.27. The van der Waals surface area contributed by atoms with E-state index in [0.29, 0.717) is 18.0 Å². The van der Waals surface area contributed by atoms with Gasteiger partial charge >= 0.3 is 0 Å². The van der Waals surface area contributed by atoms with E-state index in [1.54, 1.807) is 17.2 Å². The summed E-state index contributed by atoms with van der Waals surface area (Å²) in [4.78, 5) is 21.5. The smallest absolute Gasteiger partial charge is 0.223 e. The molecule has 0 spiro atoms. The number of aromatic amines is 1. The van der Waals surface area contributed by atoms with Crippen molar-refractivity contribution in [1.82, 2.24) is 24.6 Å². The molecule has 118 valence electrons. The van der Waals surface area contributed by atoms with E-state index < -0.39 is 0 Å². The second kappa shape index (κ2) is 6.12. The molecule has 1 aliphatic rings. The highest BCUT2D eigenvalue weighted by atomic mass is 35.5. The number of H-pyrrole nitrogens is 1. The molecule has 1 aliphatic heterocycles. The predicted octanol–water partition coefficient (Wildman–Crippen LogP) is 2.40. The molecule has 2 aromatic heterocycles. The summed E-state index contributed by atoms with van der Waals surface area (Å²) in [5.41, 5.74) is 2.89. The van der Waals surface area contributed by atoms with E-state index in [0.717, 1.165) is 36.3 Å². The molecule has 7 heteroatoms. The van der Waals surface area contributed by atoms with Gasteiger partial charge in [0, 0.05) is 37.5 Å². The van der Waals surface area contributed by atoms with Crippen molar-refractivity contribution in [2.75, 3.05) is 6.54 Å². The molecule has 1 fully saturated rings. The molecule has 22 heavy (non-hydrogen) atoms. The van der Waals surface area contributed by atoms with Crippen LogP contribution >= 0.6 is 11.6 Å². The van der Waals surface area contributed by atoms with Crippen molar-refractivity contribution in [2.24, 2.45) is 7.05 Å². The van der Waals surface area contributed by atoms with Crippen molar-refractivity contribution in [2.45, 2.75) is 38.6 Å². The summed E-state index contributed by atoms with van der Waals surface area (Å²) in [5.74, 6) is 0.163. The van der Waals surface area contributed by atoms with Crippen molar-refractivity contribution < 1.29 is 4.79 Å². The third kappa shape index (κ3) is 2.75. The summed E-state index contributed by atoms with van der Waals surface area (Å²) in [6.45, 7) is 2.74. The molecule has 0 aliphatic carbocycles. The molecule has 0 saturated carbocycles. The van der Waals surface area contributed by atoms with Gasteiger partial charge in [0.15, 0.2) is 0 Å². The fraction of sp³-hybridized carbons (Fsp3) is 0.533. The van der Waals surface area contributed by atoms with Gasteiger partial charge in [-0.25, -0.2) is 4.98 Å². The van der Waals surface area contributed by atoms with Crippen LogP contribution in [0.3, 0.4) is 0 Å². The number of imidazole rings is 1. The Morgan fingerprint density at radius 1 is 1.55 bits per heavy atom. The molecule has 2 aromatic rings. The SMILES string of the molecule is Cc1nn(C)c(Cl)c1C1CCCN1C(=O)CCc1cnc[nH]1. The lowest BCUT2D eigenvalue weighted by atomic mass is 10.1. The van der Waals surface area contributed by atoms with Gasteiger partial charge in [0.25, 0.3) is 0 Å². The molecular formula is C15H20ClN5O. The average Bonchev–Trinajstić information content (AvgIpc) is 3.19. The van der Waals surface area contributed by atoms with Gasteiger partial charge in [-0.15, -0.1) is 0 Å². The van der Waals surface area contributed by atoms with Crippen molar-refractivity contribution >= 4 is 17.5 Å². The molecule has 1 unspecified atom stereocenters. The second-order valence-electron chi connectivity index (χ2n) is 5.74. The van der Waals surface area contributed by atoms with E-state index in [-0.39, 0.29) is 11.9 Å². The van der Waals surface area contributed by atoms with Crippen LogP contribution in [0.2, 0.25) is 5.15 Å². The van der Waals surface area contributed by atoms with E-state index in [4.69, 9.17) is 11.6 Å². The maximum Gasteiger partial charge on any atom is 0.223 e. The Morgan fingerprint density at radius 2 is 2.36 bits per heavy atom. The van der Waals surface area contributed by atoms with Crippen LogP contribution < -0.4 is 0 Å². The first-order valence-corrected chi connectivity index (χ1v) is 7.91. The summed E-state index contributed by atoms with van der Waals surface area (Å²) in [5, 5.41) is 5.00. The van der Waals surface area contributed by atoms with E-state index >= 15 is 0 Å². The van der Waals surface area contributed by atoms with Gasteiger partial charge in [0.1, 0.15) is 5.15 Å². The minimum atomic E-state index is 0.0514. The number of halogens is 1. The standard InChI is InChI=1S/C15H20ClN5O/c1-10-14(15(16)20(2)19-10)12-4-3-7-21(12)13(22)6-5-11-8-17-9-18-11/h8-9,12H,3-7H2,1-2H3,(H,17,18). The van der Waals surface area contributed by atoms with Gasteiger partial charge in [-0.05, 0) is 26.2 Å². The normalized spacial score (nSPS) is 18.1. The molecule has 0 aromatic carbocycles. The Kier molecular flexibility index (Phi) is 4.20. The highest BCUT2D eigenvalue weighted by Crippen LogP contribution is 2.37. The van der Waals surface area contributed by atoms with Crippen LogP contribution in [0, 0.1) is 6.92 Å². The zero-order valence-corrected chi connectivity index (χ0v) is 13.6. The number of aryl methyl sites for hydroxylation is 3. The van der Waals surface area contributed by atoms with Gasteiger partial charge in [-0.2, -0.15) is 5.10 Å². The number of rotatable bonds is 4. The average molecular weight is 322 g/mol. The number of hydrogen-bond donors (Lipinski definition) is 1. The lowest BCUT2D eigenvalue weighted by Crippen LogP contribution is -2.31. The van der Waals surface area contributed by atoms with Crippen LogP contribution in [0.15, 0.2) is 12.5 Å². The number of carbonyl (C=O) groups is 1. The molecular weight excluding hydrogens is 302 g/mol. The summed E-state index contributed by atoms with van der Waals surface area (Å²) >= 11 is 6.37. The van der Waals surface area contributed by atoms with E-state index in [9.17, 15) is 4.79 Å². The molecule has 1 N–H and O–H groups in total. The van der Waals surface area contributed by atoms with Gasteiger partial charge < -0.3 is 9.88 Å². The summed E-state index contributed by atoms with van der Waals surface area (Å²) < 4.78 is 1.68. The Hall–Kier alpha value is -1.82. The number of nitrogens with one attached hydrogen (secondary N) is 1. The van der Waals surface area contributed by atoms with E-state index in [1.165, 1.54) is 0 Å². The van der Waals surface area contributed by atoms with Crippen LogP contribution in [0.25, 0.3) is 0 Å². The highest BCUT2D eigenvalue weighted by Gasteiger charge is 2.33. The number of carbonyl (C=O) groups excluding carboxylic acids is 1. The number of aromatic nitrogens is 4. The first-order valence-electron chi connectivity index (χ1n) is 7.53. The first-order chi connectivity index (χ1) is 10.6. The third-order valence-corrected chi connectivity index (χ3v) is 4.71. The quantitative estimate of drug-likeness (QED) is 0.940. The minimum Gasteiger partial charge on any atom is -0.348 e. The van der Waals surface area contributed by atoms with Gasteiger partial charge in [-0.1, -0.05) is 11.6 Å². The van der Waals surface area contributed by atoms with Crippen molar-refractivity contribution in [1.29, 1.82) is 0 Å². The Morgan fingerprint density at radius 3 is 3.00 bits per heavy atom. The van der Waals surface area contributed by atoms with Gasteiger partial charge in [0.05, 0.1) is 18.1 Å². The van der Waals surface area contributed by atoms with Crippen LogP contribution in [-0.4, -0.2) is 37.1 Å². The monoisotopic (exact) mass is 321 g/mol. The number of hydrogen-bond acceptors (Lipinski definition) is 3. The molecule has 0 bridgehead atoms. The number of nitrogens with zero attached hydrogens (tertiary/aromatic N) is 4. The fourth-order valence-corrected chi connectivity index (χ4v) is 3.50. The molecule has 1 atom stereocenters. The number of likely N-dealkylation sites (tertiary alicyclic amines) is 1. The molecule has 1 amide bonds. The lowest BCUT2D eigenvalue weighted by Gasteiger charge is -2.25. The van der Waals surface area contributed by atoms with Crippen molar-refractivity contribution in [3.63, 3.8) is 0 Å². The zero-order chi connectivity index (χ0) is 15.7. The van der Waals surface area contributed by atoms with Crippen molar-refractivity contribution in [3.8, 4) is 0 Å². The lowest BCUT2D eigenvalue weighted by molar-refractivity contribution is -0.132. The van der Waals surface area contributed by atoms with Gasteiger partial charge in [-0.3, -0.25) is 9.48 Å². The van der Waals surface area contributed by atoms with Crippen LogP contribution in [-0.2, 0) is 18.3 Å². The maximum absolute atomic E-state index is 12.6. The predicted molar refractivity (Wildman–Crippen MR) is 83.6 cm³/mol. The van der Waals surface area contributed by atoms with Crippen LogP contribution in [0.5, 0.6) is 0 Å². The number of amides is 1. The largest absolute Gasteiger partial charge is 0.348 e. The molecule has 0 radical (unpaired) electrons. The Bertz CT molecular complexity index is 664. The summed E-state index contributed by atoms with van der Waals surface area (Å²) in [6.07, 6.45) is 6.51. The zero-order valence-electron chi connectivity index (χ0n) is 12.8. The summed E-state index contributed by atoms with van der Waals surface area (Å²) in [7, 11) is 1.83. The maximum atomic E-state index is 12.6. The van der Waals surface area contributed by atoms with E-state index in [1.807, 2.05) is 18.9 Å². The summed E-state index contributed by atoms with van der Waals surface area (Å²) in [6, 6.07) is 0.0514. The van der Waals surface area contributed by atoms with Gasteiger partial charge in [0.2, 0.25) is 5.91 Å². The van der Waals surface area contributed by atoms with E-state index in [2.05, 4.69) is 15.1 Å². The Labute approximate surface area is 134 Å². The first kappa shape index (κ1) is 15.1. The van der Waals surface area contributed by atoms with Crippen molar-refractivity contribution in [3.05, 3.63) is 34.6 Å². The highest BCUT2D eigenvalue weighted by molar-refractivity contribution is 6.30. The molecule has 6 nitrogen and oxygen atoms in total. The Balaban J connectivity index is 1.73. The molecule has 3 heterocycles. The van der Waals surface area contributed by atoms with Crippen LogP contribution in [0.1, 0.15) is 42.3 Å². The fourth-order valence-electron chi connectivity index (χ4n) is 3.20. The molecule has 3 rings (SSSR count). The topological polar surface area (TPSA) is 66.8 Å². The minimum absolute atomic E-state index is 0.0514. The van der Waals surface area contributed by atoms with Crippen LogP contribution in [0.4, 0.5) is 0 Å².